The lowest BCUT2D eigenvalue weighted by atomic mass is 9.48. The molecule has 37 heavy (non-hydrogen) atoms. The number of carbonyl (C=O) groups excluding carboxylic acids is 1. The summed E-state index contributed by atoms with van der Waals surface area (Å²) in [5, 5.41) is 19.1. The number of ether oxygens (including phenoxy) is 1. The summed E-state index contributed by atoms with van der Waals surface area (Å²) in [7, 11) is 0. The quantitative estimate of drug-likeness (QED) is 0.472. The molecule has 1 amide bonds. The maximum Gasteiger partial charge on any atom is 0.573 e. The zero-order valence-corrected chi connectivity index (χ0v) is 20.4. The molecule has 0 spiro atoms. The molecule has 2 aromatic rings. The highest BCUT2D eigenvalue weighted by Gasteiger charge is 2.55. The highest BCUT2D eigenvalue weighted by Crippen LogP contribution is 2.60. The van der Waals surface area contributed by atoms with Crippen LogP contribution in [-0.4, -0.2) is 34.8 Å². The first-order chi connectivity index (χ1) is 17.6. The van der Waals surface area contributed by atoms with E-state index in [4.69, 9.17) is 0 Å². The standard InChI is InChI=1S/C26H29F3N6O2/c1-15(36)34-22-18-6-16-7-19(22)10-25(8-16,9-18)14-33-23-20(11-30)13-32-24(35-23)31-12-17-4-2-3-5-21(17)37-26(27,28)29/h2-5,13,16,18-19,22H,6-10,12,14H2,1H3,(H,34,36)(H2,31,32,33,35)/t16?,18-,19-,22?,25?/m0/s1. The highest BCUT2D eigenvalue weighted by atomic mass is 19.4. The van der Waals surface area contributed by atoms with Gasteiger partial charge in [-0.3, -0.25) is 4.79 Å². The van der Waals surface area contributed by atoms with Crippen LogP contribution >= 0.6 is 0 Å². The number of amides is 1. The molecule has 4 bridgehead atoms. The molecule has 4 aliphatic rings. The minimum Gasteiger partial charge on any atom is -0.405 e. The predicted octanol–water partition coefficient (Wildman–Crippen LogP) is 4.60. The molecule has 1 heterocycles. The molecule has 0 saturated heterocycles. The second kappa shape index (κ2) is 9.72. The Bertz CT molecular complexity index is 1200. The summed E-state index contributed by atoms with van der Waals surface area (Å²) in [6.07, 6.45) is 2.06. The van der Waals surface area contributed by atoms with E-state index in [0.29, 0.717) is 41.2 Å². The van der Waals surface area contributed by atoms with E-state index in [9.17, 15) is 23.2 Å². The fourth-order valence-corrected chi connectivity index (χ4v) is 6.88. The smallest absolute Gasteiger partial charge is 0.405 e. The van der Waals surface area contributed by atoms with E-state index in [-0.39, 0.29) is 35.6 Å². The highest BCUT2D eigenvalue weighted by molar-refractivity contribution is 5.73. The van der Waals surface area contributed by atoms with Crippen LogP contribution in [0.15, 0.2) is 30.5 Å². The molecular weight excluding hydrogens is 485 g/mol. The monoisotopic (exact) mass is 514 g/mol. The topological polar surface area (TPSA) is 112 Å². The van der Waals surface area contributed by atoms with Crippen molar-refractivity contribution in [3.8, 4) is 11.8 Å². The predicted molar refractivity (Wildman–Crippen MR) is 129 cm³/mol. The van der Waals surface area contributed by atoms with Gasteiger partial charge in [0, 0.05) is 31.6 Å². The van der Waals surface area contributed by atoms with Crippen LogP contribution in [0.25, 0.3) is 0 Å². The Hall–Kier alpha value is -3.55. The molecule has 3 N–H and O–H groups in total. The first kappa shape index (κ1) is 25.1. The van der Waals surface area contributed by atoms with Gasteiger partial charge in [0.25, 0.3) is 0 Å². The van der Waals surface area contributed by atoms with Crippen molar-refractivity contribution in [2.45, 2.75) is 58.0 Å². The molecule has 0 aliphatic heterocycles. The number of aromatic nitrogens is 2. The lowest BCUT2D eigenvalue weighted by Gasteiger charge is -2.60. The molecule has 4 saturated carbocycles. The van der Waals surface area contributed by atoms with Gasteiger partial charge in [0.1, 0.15) is 23.2 Å². The number of nitrogens with zero attached hydrogens (tertiary/aromatic N) is 3. The Labute approximate surface area is 213 Å². The third-order valence-electron chi connectivity index (χ3n) is 7.95. The van der Waals surface area contributed by atoms with E-state index in [1.807, 2.05) is 0 Å². The van der Waals surface area contributed by atoms with Gasteiger partial charge in [0.05, 0.1) is 6.20 Å². The maximum absolute atomic E-state index is 12.7. The molecule has 1 aromatic heterocycles. The lowest BCUT2D eigenvalue weighted by molar-refractivity contribution is -0.274. The molecule has 0 radical (unpaired) electrons. The van der Waals surface area contributed by atoms with E-state index in [1.165, 1.54) is 24.4 Å². The first-order valence-electron chi connectivity index (χ1n) is 12.5. The normalized spacial score (nSPS) is 27.9. The Kier molecular flexibility index (Phi) is 6.60. The molecule has 2 atom stereocenters. The zero-order valence-electron chi connectivity index (χ0n) is 20.4. The summed E-state index contributed by atoms with van der Waals surface area (Å²) in [6, 6.07) is 8.22. The molecule has 0 unspecified atom stereocenters. The molecular formula is C26H29F3N6O2. The number of alkyl halides is 3. The van der Waals surface area contributed by atoms with Gasteiger partial charge < -0.3 is 20.7 Å². The summed E-state index contributed by atoms with van der Waals surface area (Å²) in [4.78, 5) is 20.3. The van der Waals surface area contributed by atoms with Gasteiger partial charge in [0.2, 0.25) is 11.9 Å². The zero-order chi connectivity index (χ0) is 26.2. The number of rotatable bonds is 8. The van der Waals surface area contributed by atoms with Gasteiger partial charge in [-0.05, 0) is 61.3 Å². The maximum atomic E-state index is 12.7. The molecule has 1 aromatic carbocycles. The van der Waals surface area contributed by atoms with Crippen molar-refractivity contribution in [1.82, 2.24) is 15.3 Å². The number of nitrogens with one attached hydrogen (secondary N) is 3. The van der Waals surface area contributed by atoms with Crippen LogP contribution in [0.1, 0.15) is 50.2 Å². The third-order valence-corrected chi connectivity index (χ3v) is 7.95. The van der Waals surface area contributed by atoms with Gasteiger partial charge in [-0.2, -0.15) is 10.2 Å². The van der Waals surface area contributed by atoms with E-state index in [1.54, 1.807) is 13.0 Å². The average Bonchev–Trinajstić information content (AvgIpc) is 2.83. The average molecular weight is 515 g/mol. The minimum absolute atomic E-state index is 0.0110. The van der Waals surface area contributed by atoms with Gasteiger partial charge in [-0.1, -0.05) is 18.2 Å². The van der Waals surface area contributed by atoms with Gasteiger partial charge >= 0.3 is 6.36 Å². The lowest BCUT2D eigenvalue weighted by Crippen LogP contribution is -2.60. The van der Waals surface area contributed by atoms with Crippen LogP contribution in [0.2, 0.25) is 0 Å². The summed E-state index contributed by atoms with van der Waals surface area (Å²) < 4.78 is 42.3. The summed E-state index contributed by atoms with van der Waals surface area (Å²) in [5.41, 5.74) is 0.682. The van der Waals surface area contributed by atoms with E-state index < -0.39 is 6.36 Å². The second-order valence-corrected chi connectivity index (χ2v) is 10.6. The van der Waals surface area contributed by atoms with E-state index in [0.717, 1.165) is 32.1 Å². The number of para-hydroxylation sites is 1. The molecule has 4 fully saturated rings. The number of anilines is 2. The van der Waals surface area contributed by atoms with Crippen LogP contribution in [0, 0.1) is 34.5 Å². The summed E-state index contributed by atoms with van der Waals surface area (Å²) >= 11 is 0. The number of carbonyl (C=O) groups is 1. The van der Waals surface area contributed by atoms with E-state index >= 15 is 0 Å². The largest absolute Gasteiger partial charge is 0.573 e. The van der Waals surface area contributed by atoms with Crippen LogP contribution in [0.3, 0.4) is 0 Å². The van der Waals surface area contributed by atoms with Crippen molar-refractivity contribution >= 4 is 17.7 Å². The second-order valence-electron chi connectivity index (χ2n) is 10.6. The van der Waals surface area contributed by atoms with Gasteiger partial charge in [-0.25, -0.2) is 4.98 Å². The van der Waals surface area contributed by atoms with Crippen LogP contribution in [0.4, 0.5) is 24.9 Å². The molecule has 196 valence electrons. The SMILES string of the molecule is CC(=O)NC1[C@H]2CC3C[C@H]1CC(CNc1nc(NCc4ccccc4OC(F)(F)F)ncc1C#N)(C3)C2. The van der Waals surface area contributed by atoms with E-state index in [2.05, 4.69) is 36.7 Å². The number of hydrogen-bond donors (Lipinski definition) is 3. The van der Waals surface area contributed by atoms with Crippen molar-refractivity contribution in [3.05, 3.63) is 41.6 Å². The Morgan fingerprint density at radius 2 is 1.92 bits per heavy atom. The van der Waals surface area contributed by atoms with Gasteiger partial charge in [0.15, 0.2) is 0 Å². The van der Waals surface area contributed by atoms with Crippen LogP contribution < -0.4 is 20.7 Å². The summed E-state index contributed by atoms with van der Waals surface area (Å²) in [6.45, 7) is 2.25. The van der Waals surface area contributed by atoms with Crippen molar-refractivity contribution in [1.29, 1.82) is 5.26 Å². The number of benzene rings is 1. The molecule has 8 nitrogen and oxygen atoms in total. The van der Waals surface area contributed by atoms with Gasteiger partial charge in [-0.15, -0.1) is 13.2 Å². The minimum atomic E-state index is -4.79. The Morgan fingerprint density at radius 3 is 2.59 bits per heavy atom. The Morgan fingerprint density at radius 1 is 1.19 bits per heavy atom. The van der Waals surface area contributed by atoms with Crippen molar-refractivity contribution in [3.63, 3.8) is 0 Å². The molecule has 4 aliphatic carbocycles. The number of hydrogen-bond acceptors (Lipinski definition) is 7. The number of halogens is 3. The molecule has 6 rings (SSSR count). The van der Waals surface area contributed by atoms with Crippen molar-refractivity contribution in [2.75, 3.05) is 17.2 Å². The first-order valence-corrected chi connectivity index (χ1v) is 12.5. The summed E-state index contributed by atoms with van der Waals surface area (Å²) in [5.74, 6) is 1.91. The fourth-order valence-electron chi connectivity index (χ4n) is 6.88. The Balaban J connectivity index is 1.27. The van der Waals surface area contributed by atoms with Crippen LogP contribution in [-0.2, 0) is 11.3 Å². The van der Waals surface area contributed by atoms with Crippen molar-refractivity contribution in [2.24, 2.45) is 23.2 Å². The molecule has 11 heteroatoms. The van der Waals surface area contributed by atoms with Crippen LogP contribution in [0.5, 0.6) is 5.75 Å². The number of nitriles is 1. The third kappa shape index (κ3) is 5.58. The fraction of sp³-hybridized carbons (Fsp3) is 0.538. The van der Waals surface area contributed by atoms with Crippen molar-refractivity contribution < 1.29 is 22.7 Å².